The van der Waals surface area contributed by atoms with Gasteiger partial charge in [-0.05, 0) is 25.2 Å². The molecule has 64 valence electrons. The second-order valence-electron chi connectivity index (χ2n) is 3.87. The third-order valence-corrected chi connectivity index (χ3v) is 3.24. The minimum Gasteiger partial charge on any atom is -0.390 e. The molecule has 2 aliphatic rings. The van der Waals surface area contributed by atoms with Gasteiger partial charge in [0.2, 0.25) is 0 Å². The van der Waals surface area contributed by atoms with E-state index in [4.69, 9.17) is 5.73 Å². The Morgan fingerprint density at radius 1 is 1.18 bits per heavy atom. The summed E-state index contributed by atoms with van der Waals surface area (Å²) in [7, 11) is 0. The normalized spacial score (nSPS) is 56.5. The Hall–Kier alpha value is -0.120. The summed E-state index contributed by atoms with van der Waals surface area (Å²) < 4.78 is 0. The standard InChI is InChI=1S/C8H15NO2/c9-5-2-1-4-3-6(10)8(11)7(4)5/h4-8,10-11H,1-3,9H2/t4-,5-,6?,7+,8?/m1/s1. The maximum absolute atomic E-state index is 9.51. The lowest BCUT2D eigenvalue weighted by atomic mass is 9.96. The molecule has 0 amide bonds. The summed E-state index contributed by atoms with van der Waals surface area (Å²) in [5.74, 6) is 0.653. The van der Waals surface area contributed by atoms with Gasteiger partial charge in [0.05, 0.1) is 12.2 Å². The molecule has 2 saturated carbocycles. The predicted molar refractivity (Wildman–Crippen MR) is 40.8 cm³/mol. The number of aliphatic hydroxyl groups excluding tert-OH is 2. The molecule has 0 aromatic heterocycles. The average molecular weight is 157 g/mol. The highest BCUT2D eigenvalue weighted by Gasteiger charge is 2.47. The fourth-order valence-corrected chi connectivity index (χ4v) is 2.65. The van der Waals surface area contributed by atoms with Crippen LogP contribution in [0.4, 0.5) is 0 Å². The second-order valence-corrected chi connectivity index (χ2v) is 3.87. The van der Waals surface area contributed by atoms with Gasteiger partial charge in [0.15, 0.2) is 0 Å². The molecule has 0 aromatic carbocycles. The first-order chi connectivity index (χ1) is 5.20. The minimum absolute atomic E-state index is 0.118. The SMILES string of the molecule is N[C@@H]1CC[C@@H]2CC(O)C(O)[C@@H]21. The van der Waals surface area contributed by atoms with E-state index in [1.54, 1.807) is 0 Å². The van der Waals surface area contributed by atoms with Crippen LogP contribution in [0.25, 0.3) is 0 Å². The summed E-state index contributed by atoms with van der Waals surface area (Å²) in [6.07, 6.45) is 1.77. The molecule has 0 heterocycles. The van der Waals surface area contributed by atoms with Gasteiger partial charge in [-0.3, -0.25) is 0 Å². The van der Waals surface area contributed by atoms with Crippen molar-refractivity contribution in [3.63, 3.8) is 0 Å². The molecule has 4 N–H and O–H groups in total. The summed E-state index contributed by atoms with van der Waals surface area (Å²) in [6.45, 7) is 0. The second kappa shape index (κ2) is 2.44. The molecule has 0 aliphatic heterocycles. The molecule has 0 saturated heterocycles. The zero-order valence-electron chi connectivity index (χ0n) is 6.48. The van der Waals surface area contributed by atoms with Crippen LogP contribution in [0.3, 0.4) is 0 Å². The molecule has 11 heavy (non-hydrogen) atoms. The molecule has 2 aliphatic carbocycles. The van der Waals surface area contributed by atoms with Gasteiger partial charge in [0.1, 0.15) is 0 Å². The monoisotopic (exact) mass is 157 g/mol. The van der Waals surface area contributed by atoms with E-state index in [-0.39, 0.29) is 12.0 Å². The number of aliphatic hydroxyl groups is 2. The highest BCUT2D eigenvalue weighted by Crippen LogP contribution is 2.43. The molecule has 5 atom stereocenters. The number of hydrogen-bond acceptors (Lipinski definition) is 3. The Balaban J connectivity index is 2.13. The summed E-state index contributed by atoms with van der Waals surface area (Å²) in [5, 5.41) is 18.8. The van der Waals surface area contributed by atoms with E-state index in [1.165, 1.54) is 0 Å². The van der Waals surface area contributed by atoms with Crippen molar-refractivity contribution in [3.05, 3.63) is 0 Å². The quantitative estimate of drug-likeness (QED) is 0.442. The van der Waals surface area contributed by atoms with E-state index >= 15 is 0 Å². The van der Waals surface area contributed by atoms with E-state index in [2.05, 4.69) is 0 Å². The number of fused-ring (bicyclic) bond motifs is 1. The van der Waals surface area contributed by atoms with Crippen LogP contribution in [0.5, 0.6) is 0 Å². The Morgan fingerprint density at radius 2 is 1.91 bits per heavy atom. The van der Waals surface area contributed by atoms with Gasteiger partial charge in [-0.15, -0.1) is 0 Å². The fourth-order valence-electron chi connectivity index (χ4n) is 2.65. The van der Waals surface area contributed by atoms with Crippen molar-refractivity contribution in [2.45, 2.75) is 37.5 Å². The Kier molecular flexibility index (Phi) is 1.67. The minimum atomic E-state index is -0.558. The maximum atomic E-state index is 9.51. The number of hydrogen-bond donors (Lipinski definition) is 3. The van der Waals surface area contributed by atoms with Crippen molar-refractivity contribution in [3.8, 4) is 0 Å². The molecule has 0 spiro atoms. The smallest absolute Gasteiger partial charge is 0.0844 e. The van der Waals surface area contributed by atoms with E-state index in [0.717, 1.165) is 19.3 Å². The topological polar surface area (TPSA) is 66.5 Å². The molecule has 0 aromatic rings. The van der Waals surface area contributed by atoms with Gasteiger partial charge in [-0.1, -0.05) is 0 Å². The van der Waals surface area contributed by atoms with Gasteiger partial charge >= 0.3 is 0 Å². The highest BCUT2D eigenvalue weighted by atomic mass is 16.3. The van der Waals surface area contributed by atoms with Gasteiger partial charge in [-0.25, -0.2) is 0 Å². The van der Waals surface area contributed by atoms with Crippen molar-refractivity contribution >= 4 is 0 Å². The third kappa shape index (κ3) is 0.991. The Morgan fingerprint density at radius 3 is 2.55 bits per heavy atom. The predicted octanol–water partition coefficient (Wildman–Crippen LogP) is -0.535. The summed E-state index contributed by atoms with van der Waals surface area (Å²) in [4.78, 5) is 0. The highest BCUT2D eigenvalue weighted by molar-refractivity contribution is 5.00. The first-order valence-electron chi connectivity index (χ1n) is 4.32. The molecular weight excluding hydrogens is 142 g/mol. The van der Waals surface area contributed by atoms with Crippen molar-refractivity contribution in [2.75, 3.05) is 0 Å². The van der Waals surface area contributed by atoms with Crippen molar-refractivity contribution < 1.29 is 10.2 Å². The number of rotatable bonds is 0. The van der Waals surface area contributed by atoms with Crippen LogP contribution in [0.2, 0.25) is 0 Å². The van der Waals surface area contributed by atoms with Crippen molar-refractivity contribution in [1.82, 2.24) is 0 Å². The van der Waals surface area contributed by atoms with Crippen LogP contribution >= 0.6 is 0 Å². The maximum Gasteiger partial charge on any atom is 0.0844 e. The fraction of sp³-hybridized carbons (Fsp3) is 1.00. The van der Waals surface area contributed by atoms with E-state index in [1.807, 2.05) is 0 Å². The first kappa shape index (κ1) is 7.53. The third-order valence-electron chi connectivity index (χ3n) is 3.24. The molecule has 2 rings (SSSR count). The van der Waals surface area contributed by atoms with Crippen molar-refractivity contribution in [2.24, 2.45) is 17.6 Å². The zero-order chi connectivity index (χ0) is 8.01. The van der Waals surface area contributed by atoms with E-state index in [0.29, 0.717) is 5.92 Å². The summed E-state index contributed by atoms with van der Waals surface area (Å²) in [5.41, 5.74) is 5.80. The van der Waals surface area contributed by atoms with Gasteiger partial charge in [-0.2, -0.15) is 0 Å². The van der Waals surface area contributed by atoms with Crippen molar-refractivity contribution in [1.29, 1.82) is 0 Å². The summed E-state index contributed by atoms with van der Waals surface area (Å²) in [6, 6.07) is 0.118. The molecule has 2 unspecified atom stereocenters. The molecule has 0 bridgehead atoms. The van der Waals surface area contributed by atoms with Crippen LogP contribution in [0, 0.1) is 11.8 Å². The van der Waals surface area contributed by atoms with Crippen LogP contribution < -0.4 is 5.73 Å². The largest absolute Gasteiger partial charge is 0.390 e. The van der Waals surface area contributed by atoms with Gasteiger partial charge in [0, 0.05) is 12.0 Å². The van der Waals surface area contributed by atoms with E-state index in [9.17, 15) is 10.2 Å². The van der Waals surface area contributed by atoms with Gasteiger partial charge in [0.25, 0.3) is 0 Å². The molecule has 3 nitrogen and oxygen atoms in total. The lowest BCUT2D eigenvalue weighted by molar-refractivity contribution is 0.0160. The lowest BCUT2D eigenvalue weighted by Crippen LogP contribution is -2.36. The first-order valence-corrected chi connectivity index (χ1v) is 4.32. The summed E-state index contributed by atoms with van der Waals surface area (Å²) >= 11 is 0. The molecule has 0 radical (unpaired) electrons. The molecule has 3 heteroatoms. The zero-order valence-corrected chi connectivity index (χ0v) is 6.48. The van der Waals surface area contributed by atoms with Crippen LogP contribution in [0.15, 0.2) is 0 Å². The van der Waals surface area contributed by atoms with E-state index < -0.39 is 12.2 Å². The van der Waals surface area contributed by atoms with Crippen LogP contribution in [0.1, 0.15) is 19.3 Å². The Bertz CT molecular complexity index is 160. The van der Waals surface area contributed by atoms with Crippen LogP contribution in [-0.4, -0.2) is 28.5 Å². The Labute approximate surface area is 66.2 Å². The lowest BCUT2D eigenvalue weighted by Gasteiger charge is -2.19. The van der Waals surface area contributed by atoms with Gasteiger partial charge < -0.3 is 15.9 Å². The average Bonchev–Trinajstić information content (AvgIpc) is 2.41. The van der Waals surface area contributed by atoms with Crippen LogP contribution in [-0.2, 0) is 0 Å². The molecular formula is C8H15NO2. The molecule has 2 fully saturated rings. The number of nitrogens with two attached hydrogens (primary N) is 1.